The van der Waals surface area contributed by atoms with Gasteiger partial charge in [-0.2, -0.15) is 0 Å². The third-order valence-electron chi connectivity index (χ3n) is 12.7. The van der Waals surface area contributed by atoms with Gasteiger partial charge in [0.2, 0.25) is 0 Å². The van der Waals surface area contributed by atoms with Crippen LogP contribution in [0.15, 0.2) is 66.7 Å². The number of rotatable bonds is 38. The first kappa shape index (κ1) is 53.5. The average molecular weight is 867 g/mol. The minimum Gasteiger partial charge on any atom is -0.410 e. The van der Waals surface area contributed by atoms with Crippen LogP contribution in [0.2, 0.25) is 0 Å². The molecule has 0 saturated carbocycles. The molecule has 0 unspecified atom stereocenters. The molecule has 6 heteroatoms. The Morgan fingerprint density at radius 1 is 0.397 bits per heavy atom. The molecule has 0 bridgehead atoms. The lowest BCUT2D eigenvalue weighted by Gasteiger charge is -2.14. The lowest BCUT2D eigenvalue weighted by Crippen LogP contribution is -2.19. The lowest BCUT2D eigenvalue weighted by atomic mass is 10.0. The van der Waals surface area contributed by atoms with Gasteiger partial charge < -0.3 is 9.47 Å². The van der Waals surface area contributed by atoms with E-state index < -0.39 is 12.2 Å². The van der Waals surface area contributed by atoms with Gasteiger partial charge in [0.1, 0.15) is 11.5 Å². The molecule has 0 aromatic heterocycles. The summed E-state index contributed by atoms with van der Waals surface area (Å²) in [5.74, 6) is 1.17. The number of carbonyl (C=O) groups excluding carboxylic acids is 2. The van der Waals surface area contributed by atoms with Crippen molar-refractivity contribution < 1.29 is 19.1 Å². The molecular formula is C57H90N2O4. The summed E-state index contributed by atoms with van der Waals surface area (Å²) >= 11 is 0. The van der Waals surface area contributed by atoms with Gasteiger partial charge in [-0.3, -0.25) is 10.6 Å². The number of anilines is 2. The van der Waals surface area contributed by atoms with Crippen molar-refractivity contribution in [3.8, 4) is 11.5 Å². The number of aryl methyl sites for hydroxylation is 3. The van der Waals surface area contributed by atoms with Crippen LogP contribution in [0, 0.1) is 6.92 Å². The number of nitrogens with one attached hydrogen (secondary N) is 2. The highest BCUT2D eigenvalue weighted by molar-refractivity contribution is 5.91. The summed E-state index contributed by atoms with van der Waals surface area (Å²) in [5.41, 5.74) is 4.04. The molecule has 3 aromatic carbocycles. The van der Waals surface area contributed by atoms with E-state index in [9.17, 15) is 9.59 Å². The Morgan fingerprint density at radius 3 is 1.08 bits per heavy atom. The van der Waals surface area contributed by atoms with Crippen LogP contribution in [0.3, 0.4) is 0 Å². The van der Waals surface area contributed by atoms with Crippen molar-refractivity contribution in [2.24, 2.45) is 0 Å². The van der Waals surface area contributed by atoms with Gasteiger partial charge in [0.15, 0.2) is 0 Å². The number of hydrogen-bond acceptors (Lipinski definition) is 4. The average Bonchev–Trinajstić information content (AvgIpc) is 3.28. The van der Waals surface area contributed by atoms with Crippen molar-refractivity contribution in [1.82, 2.24) is 0 Å². The van der Waals surface area contributed by atoms with E-state index >= 15 is 0 Å². The molecule has 0 fully saturated rings. The first-order chi connectivity index (χ1) is 31.0. The van der Waals surface area contributed by atoms with Gasteiger partial charge in [0.05, 0.1) is 0 Å². The van der Waals surface area contributed by atoms with E-state index in [1.165, 1.54) is 193 Å². The lowest BCUT2D eigenvalue weighted by molar-refractivity contribution is 0.214. The number of hydrogen-bond donors (Lipinski definition) is 2. The minimum atomic E-state index is -0.560. The Hall–Kier alpha value is -3.80. The zero-order chi connectivity index (χ0) is 44.8. The number of unbranched alkanes of at least 4 members (excludes halogenated alkanes) is 30. The van der Waals surface area contributed by atoms with Gasteiger partial charge in [-0.25, -0.2) is 9.59 Å². The molecule has 0 saturated heterocycles. The molecule has 0 radical (unpaired) electrons. The Balaban J connectivity index is 1.29. The zero-order valence-corrected chi connectivity index (χ0v) is 40.5. The Bertz CT molecular complexity index is 1600. The van der Waals surface area contributed by atoms with E-state index in [0.717, 1.165) is 42.4 Å². The Kier molecular flexibility index (Phi) is 31.0. The van der Waals surface area contributed by atoms with Crippen LogP contribution in [0.5, 0.6) is 11.5 Å². The van der Waals surface area contributed by atoms with Gasteiger partial charge in [-0.05, 0) is 73.6 Å². The van der Waals surface area contributed by atoms with Crippen LogP contribution in [0.1, 0.15) is 236 Å². The van der Waals surface area contributed by atoms with Gasteiger partial charge >= 0.3 is 12.2 Å². The van der Waals surface area contributed by atoms with Crippen LogP contribution in [-0.4, -0.2) is 12.2 Å². The molecule has 3 aromatic rings. The highest BCUT2D eigenvalue weighted by Gasteiger charge is 2.14. The van der Waals surface area contributed by atoms with Gasteiger partial charge in [0.25, 0.3) is 0 Å². The molecule has 0 aliphatic heterocycles. The molecule has 0 aliphatic rings. The molecule has 2 amide bonds. The van der Waals surface area contributed by atoms with Gasteiger partial charge in [-0.1, -0.05) is 249 Å². The molecule has 6 nitrogen and oxygen atoms in total. The fourth-order valence-corrected chi connectivity index (χ4v) is 8.66. The number of amides is 2. The van der Waals surface area contributed by atoms with Crippen LogP contribution >= 0.6 is 0 Å². The second kappa shape index (κ2) is 36.5. The third-order valence-corrected chi connectivity index (χ3v) is 12.7. The van der Waals surface area contributed by atoms with Crippen molar-refractivity contribution in [1.29, 1.82) is 0 Å². The van der Waals surface area contributed by atoms with Gasteiger partial charge in [-0.15, -0.1) is 0 Å². The summed E-state index contributed by atoms with van der Waals surface area (Å²) in [4.78, 5) is 26.2. The second-order valence-electron chi connectivity index (χ2n) is 18.4. The topological polar surface area (TPSA) is 76.7 Å². The number of para-hydroxylation sites is 2. The second-order valence-corrected chi connectivity index (χ2v) is 18.4. The van der Waals surface area contributed by atoms with E-state index in [1.54, 1.807) is 6.07 Å². The third kappa shape index (κ3) is 26.6. The van der Waals surface area contributed by atoms with Crippen LogP contribution in [0.4, 0.5) is 21.0 Å². The maximum Gasteiger partial charge on any atom is 0.417 e. The predicted octanol–water partition coefficient (Wildman–Crippen LogP) is 18.8. The molecule has 0 heterocycles. The molecule has 3 rings (SSSR count). The van der Waals surface area contributed by atoms with E-state index in [2.05, 4.69) is 30.5 Å². The van der Waals surface area contributed by atoms with E-state index in [-0.39, 0.29) is 0 Å². The summed E-state index contributed by atoms with van der Waals surface area (Å²) in [6.45, 7) is 6.48. The smallest absolute Gasteiger partial charge is 0.410 e. The highest BCUT2D eigenvalue weighted by atomic mass is 16.6. The molecule has 0 spiro atoms. The SMILES string of the molecule is CCCCCCCCCCCCCCCCCCc1ccccc1OC(=O)Nc1ccc(C)c(NC(=O)Oc2ccccc2CCCCCCCCCCCCCCCCCC)c1. The molecule has 2 N–H and O–H groups in total. The largest absolute Gasteiger partial charge is 0.417 e. The van der Waals surface area contributed by atoms with Crippen molar-refractivity contribution in [2.75, 3.05) is 10.6 Å². The van der Waals surface area contributed by atoms with Crippen molar-refractivity contribution in [2.45, 2.75) is 239 Å². The molecule has 352 valence electrons. The summed E-state index contributed by atoms with van der Waals surface area (Å²) < 4.78 is 11.6. The summed E-state index contributed by atoms with van der Waals surface area (Å²) in [6, 6.07) is 21.0. The van der Waals surface area contributed by atoms with Gasteiger partial charge in [0, 0.05) is 11.4 Å². The first-order valence-electron chi connectivity index (χ1n) is 26.2. The minimum absolute atomic E-state index is 0.528. The van der Waals surface area contributed by atoms with E-state index in [0.29, 0.717) is 22.9 Å². The normalized spacial score (nSPS) is 11.2. The first-order valence-corrected chi connectivity index (χ1v) is 26.2. The van der Waals surface area contributed by atoms with Crippen molar-refractivity contribution >= 4 is 23.6 Å². The fraction of sp³-hybridized carbons (Fsp3) is 0.649. The molecular weight excluding hydrogens is 777 g/mol. The predicted molar refractivity (Wildman–Crippen MR) is 270 cm³/mol. The monoisotopic (exact) mass is 867 g/mol. The fourth-order valence-electron chi connectivity index (χ4n) is 8.66. The summed E-state index contributed by atoms with van der Waals surface area (Å²) in [6.07, 6.45) is 43.7. The summed E-state index contributed by atoms with van der Waals surface area (Å²) in [5, 5.41) is 5.74. The van der Waals surface area contributed by atoms with Crippen molar-refractivity contribution in [3.05, 3.63) is 83.4 Å². The highest BCUT2D eigenvalue weighted by Crippen LogP contribution is 2.26. The van der Waals surface area contributed by atoms with E-state index in [1.807, 2.05) is 61.5 Å². The Morgan fingerprint density at radius 2 is 0.714 bits per heavy atom. The van der Waals surface area contributed by atoms with Crippen LogP contribution in [0.25, 0.3) is 0 Å². The number of benzene rings is 3. The zero-order valence-electron chi connectivity index (χ0n) is 40.5. The van der Waals surface area contributed by atoms with Crippen LogP contribution < -0.4 is 20.1 Å². The van der Waals surface area contributed by atoms with Crippen LogP contribution in [-0.2, 0) is 12.8 Å². The quantitative estimate of drug-likeness (QED) is 0.0563. The van der Waals surface area contributed by atoms with Crippen molar-refractivity contribution in [3.63, 3.8) is 0 Å². The number of carbonyl (C=O) groups is 2. The summed E-state index contributed by atoms with van der Waals surface area (Å²) in [7, 11) is 0. The molecule has 63 heavy (non-hydrogen) atoms. The Labute approximate surface area is 385 Å². The molecule has 0 aliphatic carbocycles. The van der Waals surface area contributed by atoms with E-state index in [4.69, 9.17) is 9.47 Å². The number of ether oxygens (including phenoxy) is 2. The molecule has 0 atom stereocenters. The maximum atomic E-state index is 13.1. The maximum absolute atomic E-state index is 13.1. The standard InChI is InChI=1S/C57H90N2O4/c1-4-6-8-10-12-14-16-18-20-22-24-26-28-30-32-34-40-50-42-36-38-44-54(50)62-56(60)58-52-47-46-49(3)53(48-52)59-57(61)63-55-45-39-37-43-51(55)41-35-33-31-29-27-25-23-21-19-17-15-13-11-9-7-5-2/h36-39,42-48H,4-35,40-41H2,1-3H3,(H,58,60)(H,59,61).